The molecule has 0 saturated carbocycles. The van der Waals surface area contributed by atoms with Gasteiger partial charge in [0.15, 0.2) is 0 Å². The Balaban J connectivity index is 1.49. The molecule has 0 amide bonds. The molecule has 1 atom stereocenters. The van der Waals surface area contributed by atoms with E-state index in [0.29, 0.717) is 11.7 Å². The monoisotopic (exact) mass is 298 g/mol. The van der Waals surface area contributed by atoms with Crippen LogP contribution >= 0.6 is 0 Å². The largest absolute Gasteiger partial charge is 0.337 e. The van der Waals surface area contributed by atoms with Crippen molar-refractivity contribution < 1.29 is 4.52 Å². The second-order valence-electron chi connectivity index (χ2n) is 6.29. The summed E-state index contributed by atoms with van der Waals surface area (Å²) in [4.78, 5) is 7.07. The molecule has 22 heavy (non-hydrogen) atoms. The van der Waals surface area contributed by atoms with Gasteiger partial charge in [0.2, 0.25) is 11.7 Å². The summed E-state index contributed by atoms with van der Waals surface area (Å²) < 4.78 is 5.38. The van der Waals surface area contributed by atoms with E-state index in [-0.39, 0.29) is 6.04 Å². The molecule has 2 fully saturated rings. The zero-order valence-corrected chi connectivity index (χ0v) is 12.8. The summed E-state index contributed by atoms with van der Waals surface area (Å²) in [6.45, 7) is 4.48. The quantitative estimate of drug-likeness (QED) is 0.940. The van der Waals surface area contributed by atoms with Gasteiger partial charge in [-0.3, -0.25) is 4.90 Å². The Kier molecular flexibility index (Phi) is 3.91. The molecular formula is C17H22N4O. The van der Waals surface area contributed by atoms with E-state index in [1.807, 2.05) is 0 Å². The molecule has 116 valence electrons. The minimum Gasteiger partial charge on any atom is -0.337 e. The van der Waals surface area contributed by atoms with E-state index in [0.717, 1.165) is 25.1 Å². The topological polar surface area (TPSA) is 54.2 Å². The molecule has 0 aliphatic carbocycles. The zero-order chi connectivity index (χ0) is 14.8. The van der Waals surface area contributed by atoms with Crippen molar-refractivity contribution in [3.8, 4) is 11.4 Å². The van der Waals surface area contributed by atoms with Gasteiger partial charge in [0.25, 0.3) is 0 Å². The van der Waals surface area contributed by atoms with Crippen molar-refractivity contribution in [3.63, 3.8) is 0 Å². The van der Waals surface area contributed by atoms with Crippen LogP contribution in [0.4, 0.5) is 0 Å². The molecule has 1 aromatic heterocycles. The molecule has 5 nitrogen and oxygen atoms in total. The number of nitrogens with one attached hydrogen (secondary N) is 1. The third kappa shape index (κ3) is 2.91. The lowest BCUT2D eigenvalue weighted by molar-refractivity contribution is 0.221. The van der Waals surface area contributed by atoms with Crippen LogP contribution in [0.1, 0.15) is 43.2 Å². The van der Waals surface area contributed by atoms with Crippen molar-refractivity contribution in [1.29, 1.82) is 0 Å². The van der Waals surface area contributed by atoms with Crippen LogP contribution in [0.15, 0.2) is 28.8 Å². The Morgan fingerprint density at radius 2 is 2.09 bits per heavy atom. The molecule has 1 N–H and O–H groups in total. The van der Waals surface area contributed by atoms with Gasteiger partial charge >= 0.3 is 0 Å². The van der Waals surface area contributed by atoms with Crippen LogP contribution in [0.3, 0.4) is 0 Å². The minimum absolute atomic E-state index is 0.248. The van der Waals surface area contributed by atoms with E-state index in [4.69, 9.17) is 4.52 Å². The SMILES string of the molecule is c1cc(CN2CCCCC2)cc(-c2noc([C@H]3CCN3)n2)c1. The van der Waals surface area contributed by atoms with Crippen molar-refractivity contribution >= 4 is 0 Å². The second-order valence-corrected chi connectivity index (χ2v) is 6.29. The summed E-state index contributed by atoms with van der Waals surface area (Å²) in [5.41, 5.74) is 2.37. The molecule has 5 heteroatoms. The standard InChI is InChI=1S/C17H22N4O/c1-2-9-21(10-3-1)12-13-5-4-6-14(11-13)16-19-17(22-20-16)15-7-8-18-15/h4-6,11,15,18H,1-3,7-10,12H2/t15-/m1/s1. The minimum atomic E-state index is 0.248. The molecule has 2 aliphatic heterocycles. The highest BCUT2D eigenvalue weighted by Crippen LogP contribution is 2.25. The summed E-state index contributed by atoms with van der Waals surface area (Å²) >= 11 is 0. The highest BCUT2D eigenvalue weighted by atomic mass is 16.5. The smallest absolute Gasteiger partial charge is 0.244 e. The normalized spacial score (nSPS) is 22.5. The van der Waals surface area contributed by atoms with E-state index < -0.39 is 0 Å². The summed E-state index contributed by atoms with van der Waals surface area (Å²) in [7, 11) is 0. The van der Waals surface area contributed by atoms with Gasteiger partial charge in [-0.25, -0.2) is 0 Å². The van der Waals surface area contributed by atoms with Crippen molar-refractivity contribution in [3.05, 3.63) is 35.7 Å². The molecule has 0 radical (unpaired) electrons. The third-order valence-electron chi connectivity index (χ3n) is 4.60. The van der Waals surface area contributed by atoms with Gasteiger partial charge in [-0.15, -0.1) is 0 Å². The maximum atomic E-state index is 5.38. The van der Waals surface area contributed by atoms with Crippen LogP contribution in [0.25, 0.3) is 11.4 Å². The Labute approximate surface area is 130 Å². The maximum absolute atomic E-state index is 5.38. The van der Waals surface area contributed by atoms with Crippen LogP contribution in [-0.4, -0.2) is 34.7 Å². The molecule has 0 spiro atoms. The fourth-order valence-corrected chi connectivity index (χ4v) is 3.18. The van der Waals surface area contributed by atoms with Crippen LogP contribution in [-0.2, 0) is 6.54 Å². The number of nitrogens with zero attached hydrogens (tertiary/aromatic N) is 3. The zero-order valence-electron chi connectivity index (χ0n) is 12.8. The van der Waals surface area contributed by atoms with E-state index in [1.165, 1.54) is 37.9 Å². The Bertz CT molecular complexity index is 629. The Morgan fingerprint density at radius 3 is 2.86 bits per heavy atom. The fraction of sp³-hybridized carbons (Fsp3) is 0.529. The number of benzene rings is 1. The molecule has 3 heterocycles. The van der Waals surface area contributed by atoms with Gasteiger partial charge in [0, 0.05) is 12.1 Å². The summed E-state index contributed by atoms with van der Waals surface area (Å²) in [6.07, 6.45) is 5.10. The van der Waals surface area contributed by atoms with Gasteiger partial charge in [-0.2, -0.15) is 4.98 Å². The highest BCUT2D eigenvalue weighted by molar-refractivity contribution is 5.55. The number of hydrogen-bond acceptors (Lipinski definition) is 5. The van der Waals surface area contributed by atoms with Crippen LogP contribution in [0, 0.1) is 0 Å². The molecule has 0 unspecified atom stereocenters. The van der Waals surface area contributed by atoms with E-state index >= 15 is 0 Å². The highest BCUT2D eigenvalue weighted by Gasteiger charge is 2.24. The predicted octanol–water partition coefficient (Wildman–Crippen LogP) is 2.76. The van der Waals surface area contributed by atoms with Crippen molar-refractivity contribution in [2.45, 2.75) is 38.3 Å². The predicted molar refractivity (Wildman–Crippen MR) is 84.2 cm³/mol. The summed E-state index contributed by atoms with van der Waals surface area (Å²) in [5, 5.41) is 7.43. The average molecular weight is 298 g/mol. The van der Waals surface area contributed by atoms with Gasteiger partial charge in [-0.05, 0) is 50.5 Å². The molecule has 2 aromatic rings. The van der Waals surface area contributed by atoms with Crippen molar-refractivity contribution in [1.82, 2.24) is 20.4 Å². The van der Waals surface area contributed by atoms with Crippen molar-refractivity contribution in [2.75, 3.05) is 19.6 Å². The first-order chi connectivity index (χ1) is 10.9. The number of likely N-dealkylation sites (tertiary alicyclic amines) is 1. The van der Waals surface area contributed by atoms with E-state index in [2.05, 4.69) is 44.6 Å². The molecular weight excluding hydrogens is 276 g/mol. The first-order valence-corrected chi connectivity index (χ1v) is 8.27. The number of hydrogen-bond donors (Lipinski definition) is 1. The maximum Gasteiger partial charge on any atom is 0.244 e. The number of rotatable bonds is 4. The lowest BCUT2D eigenvalue weighted by Gasteiger charge is -2.26. The van der Waals surface area contributed by atoms with Crippen LogP contribution in [0.5, 0.6) is 0 Å². The molecule has 2 aliphatic rings. The van der Waals surface area contributed by atoms with Crippen molar-refractivity contribution in [2.24, 2.45) is 0 Å². The molecule has 1 aromatic carbocycles. The first kappa shape index (κ1) is 13.9. The van der Waals surface area contributed by atoms with Gasteiger partial charge in [0.1, 0.15) is 0 Å². The van der Waals surface area contributed by atoms with Gasteiger partial charge < -0.3 is 9.84 Å². The lowest BCUT2D eigenvalue weighted by Crippen LogP contribution is -2.35. The van der Waals surface area contributed by atoms with Gasteiger partial charge in [0.05, 0.1) is 6.04 Å². The summed E-state index contributed by atoms with van der Waals surface area (Å²) in [5.74, 6) is 1.41. The Hall–Kier alpha value is -1.72. The van der Waals surface area contributed by atoms with E-state index in [1.54, 1.807) is 0 Å². The third-order valence-corrected chi connectivity index (χ3v) is 4.60. The van der Waals surface area contributed by atoms with Crippen LogP contribution in [0.2, 0.25) is 0 Å². The molecule has 2 saturated heterocycles. The average Bonchev–Trinajstić information content (AvgIpc) is 2.96. The molecule has 0 bridgehead atoms. The molecule has 4 rings (SSSR count). The number of piperidine rings is 1. The second kappa shape index (κ2) is 6.18. The first-order valence-electron chi connectivity index (χ1n) is 8.27. The Morgan fingerprint density at radius 1 is 1.23 bits per heavy atom. The van der Waals surface area contributed by atoms with E-state index in [9.17, 15) is 0 Å². The lowest BCUT2D eigenvalue weighted by atomic mass is 10.1. The van der Waals surface area contributed by atoms with Crippen LogP contribution < -0.4 is 5.32 Å². The number of aromatic nitrogens is 2. The summed E-state index contributed by atoms with van der Waals surface area (Å²) in [6, 6.07) is 8.77. The van der Waals surface area contributed by atoms with Gasteiger partial charge in [-0.1, -0.05) is 29.8 Å². The fourth-order valence-electron chi connectivity index (χ4n) is 3.18.